The summed E-state index contributed by atoms with van der Waals surface area (Å²) >= 11 is 0. The fourth-order valence-electron chi connectivity index (χ4n) is 3.75. The van der Waals surface area contributed by atoms with Gasteiger partial charge in [0.2, 0.25) is 0 Å². The molecule has 0 spiro atoms. The first-order valence-corrected chi connectivity index (χ1v) is 11.7. The summed E-state index contributed by atoms with van der Waals surface area (Å²) in [6.07, 6.45) is 1.69. The van der Waals surface area contributed by atoms with Crippen LogP contribution in [0.15, 0.2) is 76.3 Å². The van der Waals surface area contributed by atoms with Crippen LogP contribution in [0.25, 0.3) is 33.1 Å². The molecule has 0 aliphatic heterocycles. The van der Waals surface area contributed by atoms with Gasteiger partial charge in [0, 0.05) is 22.5 Å². The second-order valence-corrected chi connectivity index (χ2v) is 9.08. The highest BCUT2D eigenvalue weighted by Gasteiger charge is 2.29. The monoisotopic (exact) mass is 474 g/mol. The van der Waals surface area contributed by atoms with Crippen molar-refractivity contribution < 1.29 is 22.5 Å². The normalized spacial score (nSPS) is 11.6. The summed E-state index contributed by atoms with van der Waals surface area (Å²) in [6, 6.07) is 17.3. The molecule has 0 aliphatic rings. The van der Waals surface area contributed by atoms with E-state index in [9.17, 15) is 13.2 Å². The van der Waals surface area contributed by atoms with Gasteiger partial charge in [0.15, 0.2) is 10.5 Å². The lowest BCUT2D eigenvalue weighted by atomic mass is 10.0. The molecule has 1 amide bonds. The Morgan fingerprint density at radius 1 is 1.00 bits per heavy atom. The SMILES string of the molecule is COc1ccc2c(C)noc2c1S(=O)(=O)NC(=O)c1ccc2c(-c3ccccn3)cccc2n1. The molecule has 0 fully saturated rings. The summed E-state index contributed by atoms with van der Waals surface area (Å²) in [5.74, 6) is -0.865. The second kappa shape index (κ2) is 8.23. The predicted molar refractivity (Wildman–Crippen MR) is 125 cm³/mol. The lowest BCUT2D eigenvalue weighted by molar-refractivity contribution is 0.0977. The van der Waals surface area contributed by atoms with E-state index in [1.165, 1.54) is 19.2 Å². The lowest BCUT2D eigenvalue weighted by Gasteiger charge is -2.11. The van der Waals surface area contributed by atoms with Gasteiger partial charge < -0.3 is 9.26 Å². The van der Waals surface area contributed by atoms with Gasteiger partial charge in [-0.15, -0.1) is 0 Å². The maximum absolute atomic E-state index is 13.2. The maximum atomic E-state index is 13.2. The minimum absolute atomic E-state index is 0.00336. The molecule has 1 N–H and O–H groups in total. The van der Waals surface area contributed by atoms with Crippen LogP contribution in [0.5, 0.6) is 5.75 Å². The molecule has 0 atom stereocenters. The van der Waals surface area contributed by atoms with E-state index in [-0.39, 0.29) is 21.9 Å². The van der Waals surface area contributed by atoms with Crippen molar-refractivity contribution in [1.29, 1.82) is 0 Å². The molecule has 0 aliphatic carbocycles. The Balaban J connectivity index is 1.53. The number of methoxy groups -OCH3 is 1. The van der Waals surface area contributed by atoms with Crippen molar-refractivity contribution >= 4 is 37.8 Å². The lowest BCUT2D eigenvalue weighted by Crippen LogP contribution is -2.31. The highest BCUT2D eigenvalue weighted by Crippen LogP contribution is 2.33. The molecule has 0 unspecified atom stereocenters. The number of ether oxygens (including phenoxy) is 1. The molecular formula is C24H18N4O5S. The van der Waals surface area contributed by atoms with E-state index in [4.69, 9.17) is 9.26 Å². The molecule has 34 heavy (non-hydrogen) atoms. The smallest absolute Gasteiger partial charge is 0.283 e. The van der Waals surface area contributed by atoms with Crippen LogP contribution >= 0.6 is 0 Å². The Bertz CT molecular complexity index is 1660. The van der Waals surface area contributed by atoms with Crippen LogP contribution in [0.2, 0.25) is 0 Å². The third-order valence-electron chi connectivity index (χ3n) is 5.36. The summed E-state index contributed by atoms with van der Waals surface area (Å²) in [4.78, 5) is 21.4. The minimum Gasteiger partial charge on any atom is -0.495 e. The number of carbonyl (C=O) groups is 1. The van der Waals surface area contributed by atoms with Crippen molar-refractivity contribution in [2.24, 2.45) is 0 Å². The van der Waals surface area contributed by atoms with Gasteiger partial charge in [-0.1, -0.05) is 23.4 Å². The van der Waals surface area contributed by atoms with E-state index in [0.717, 1.165) is 16.6 Å². The van der Waals surface area contributed by atoms with Crippen LogP contribution in [-0.2, 0) is 10.0 Å². The molecule has 0 saturated carbocycles. The number of carbonyl (C=O) groups excluding carboxylic acids is 1. The summed E-state index contributed by atoms with van der Waals surface area (Å²) < 4.78 is 38.9. The molecule has 5 rings (SSSR count). The van der Waals surface area contributed by atoms with E-state index < -0.39 is 15.9 Å². The number of sulfonamides is 1. The number of amides is 1. The van der Waals surface area contributed by atoms with Crippen molar-refractivity contribution in [2.45, 2.75) is 11.8 Å². The van der Waals surface area contributed by atoms with Crippen LogP contribution in [-0.4, -0.2) is 36.6 Å². The quantitative estimate of drug-likeness (QED) is 0.407. The van der Waals surface area contributed by atoms with Crippen molar-refractivity contribution in [3.05, 3.63) is 78.2 Å². The average Bonchev–Trinajstić information content (AvgIpc) is 3.23. The minimum atomic E-state index is -4.38. The number of pyridine rings is 2. The zero-order chi connectivity index (χ0) is 23.9. The molecule has 0 saturated heterocycles. The molecule has 2 aromatic carbocycles. The van der Waals surface area contributed by atoms with Gasteiger partial charge in [-0.2, -0.15) is 0 Å². The zero-order valence-corrected chi connectivity index (χ0v) is 19.0. The summed E-state index contributed by atoms with van der Waals surface area (Å²) in [7, 11) is -3.05. The molecule has 170 valence electrons. The average molecular weight is 474 g/mol. The Labute approximate surface area is 194 Å². The van der Waals surface area contributed by atoms with Crippen LogP contribution in [0, 0.1) is 6.92 Å². The fraction of sp³-hybridized carbons (Fsp3) is 0.0833. The van der Waals surface area contributed by atoms with Gasteiger partial charge in [-0.3, -0.25) is 9.78 Å². The standard InChI is InChI=1S/C24H18N4O5S/c1-14-15-10-12-21(32-2)23(22(15)33-27-14)34(30,31)28-24(29)20-11-9-17-16(6-5-8-19(17)26-20)18-7-3-4-13-25-18/h3-13H,1-2H3,(H,28,29). The summed E-state index contributed by atoms with van der Waals surface area (Å²) in [5.41, 5.74) is 2.59. The number of nitrogens with one attached hydrogen (secondary N) is 1. The van der Waals surface area contributed by atoms with Crippen LogP contribution < -0.4 is 9.46 Å². The Morgan fingerprint density at radius 2 is 1.82 bits per heavy atom. The molecule has 5 aromatic rings. The van der Waals surface area contributed by atoms with Crippen LogP contribution in [0.3, 0.4) is 0 Å². The number of aryl methyl sites for hydroxylation is 1. The van der Waals surface area contributed by atoms with Gasteiger partial charge in [-0.05, 0) is 49.4 Å². The fourth-order valence-corrected chi connectivity index (χ4v) is 5.01. The largest absolute Gasteiger partial charge is 0.495 e. The number of nitrogens with zero attached hydrogens (tertiary/aromatic N) is 3. The van der Waals surface area contributed by atoms with E-state index in [1.807, 2.05) is 24.3 Å². The van der Waals surface area contributed by atoms with Gasteiger partial charge in [0.05, 0.1) is 24.0 Å². The van der Waals surface area contributed by atoms with Gasteiger partial charge in [-0.25, -0.2) is 18.1 Å². The summed E-state index contributed by atoms with van der Waals surface area (Å²) in [6.45, 7) is 1.69. The third kappa shape index (κ3) is 3.63. The molecular weight excluding hydrogens is 456 g/mol. The summed E-state index contributed by atoms with van der Waals surface area (Å²) in [5, 5.41) is 5.11. The predicted octanol–water partition coefficient (Wildman–Crippen LogP) is 3.87. The first kappa shape index (κ1) is 21.5. The van der Waals surface area contributed by atoms with Gasteiger partial charge >= 0.3 is 0 Å². The molecule has 3 aromatic heterocycles. The Hall–Kier alpha value is -4.31. The molecule has 0 bridgehead atoms. The Kier molecular flexibility index (Phi) is 5.21. The van der Waals surface area contributed by atoms with Crippen molar-refractivity contribution in [2.75, 3.05) is 7.11 Å². The van der Waals surface area contributed by atoms with Crippen molar-refractivity contribution in [1.82, 2.24) is 19.8 Å². The number of hydrogen-bond acceptors (Lipinski definition) is 8. The van der Waals surface area contributed by atoms with Crippen molar-refractivity contribution in [3.63, 3.8) is 0 Å². The number of aromatic nitrogens is 3. The molecule has 10 heteroatoms. The topological polar surface area (TPSA) is 124 Å². The molecule has 9 nitrogen and oxygen atoms in total. The zero-order valence-electron chi connectivity index (χ0n) is 18.1. The van der Waals surface area contributed by atoms with E-state index in [2.05, 4.69) is 19.8 Å². The van der Waals surface area contributed by atoms with E-state index in [0.29, 0.717) is 16.6 Å². The number of benzene rings is 2. The van der Waals surface area contributed by atoms with Crippen LogP contribution in [0.1, 0.15) is 16.2 Å². The first-order valence-electron chi connectivity index (χ1n) is 10.2. The molecule has 3 heterocycles. The number of rotatable bonds is 5. The third-order valence-corrected chi connectivity index (χ3v) is 6.74. The second-order valence-electron chi connectivity index (χ2n) is 7.46. The highest BCUT2D eigenvalue weighted by atomic mass is 32.2. The van der Waals surface area contributed by atoms with Crippen LogP contribution in [0.4, 0.5) is 0 Å². The van der Waals surface area contributed by atoms with Gasteiger partial charge in [0.1, 0.15) is 11.4 Å². The number of hydrogen-bond donors (Lipinski definition) is 1. The molecule has 0 radical (unpaired) electrons. The van der Waals surface area contributed by atoms with Crippen molar-refractivity contribution in [3.8, 4) is 17.0 Å². The van der Waals surface area contributed by atoms with E-state index in [1.54, 1.807) is 37.4 Å². The Morgan fingerprint density at radius 3 is 2.59 bits per heavy atom. The first-order chi connectivity index (χ1) is 16.4. The maximum Gasteiger partial charge on any atom is 0.283 e. The highest BCUT2D eigenvalue weighted by molar-refractivity contribution is 7.90. The number of fused-ring (bicyclic) bond motifs is 2. The van der Waals surface area contributed by atoms with E-state index >= 15 is 0 Å². The van der Waals surface area contributed by atoms with Gasteiger partial charge in [0.25, 0.3) is 15.9 Å².